The number of alkyl halides is 1. The predicted octanol–water partition coefficient (Wildman–Crippen LogP) is 3.49. The van der Waals surface area contributed by atoms with Crippen molar-refractivity contribution in [1.29, 1.82) is 0 Å². The van der Waals surface area contributed by atoms with Gasteiger partial charge < -0.3 is 5.11 Å². The number of hydrogen-bond acceptors (Lipinski definition) is 1. The molecule has 12 heavy (non-hydrogen) atoms. The average Bonchev–Trinajstić information content (AvgIpc) is 2.10. The summed E-state index contributed by atoms with van der Waals surface area (Å²) in [6, 6.07) is 0. The van der Waals surface area contributed by atoms with Crippen molar-refractivity contribution in [3.8, 4) is 0 Å². The molecule has 74 valence electrons. The highest BCUT2D eigenvalue weighted by Crippen LogP contribution is 2.17. The molecule has 1 N–H and O–H groups in total. The highest BCUT2D eigenvalue weighted by Gasteiger charge is 2.13. The smallest absolute Gasteiger partial charge is 0.0665 e. The summed E-state index contributed by atoms with van der Waals surface area (Å²) in [5, 5.41) is 9.63. The van der Waals surface area contributed by atoms with Crippen molar-refractivity contribution in [3.63, 3.8) is 0 Å². The van der Waals surface area contributed by atoms with Crippen molar-refractivity contribution in [2.45, 2.75) is 63.3 Å². The van der Waals surface area contributed by atoms with Gasteiger partial charge in [-0.3, -0.25) is 0 Å². The minimum Gasteiger partial charge on any atom is -0.392 e. The molecule has 0 unspecified atom stereocenters. The second kappa shape index (κ2) is 8.06. The molecule has 1 nitrogen and oxygen atoms in total. The van der Waals surface area contributed by atoms with E-state index >= 15 is 0 Å². The van der Waals surface area contributed by atoms with Crippen LogP contribution in [0.1, 0.15) is 52.4 Å². The van der Waals surface area contributed by atoms with Crippen LogP contribution >= 0.6 is 15.9 Å². The number of aliphatic hydroxyl groups excluding tert-OH is 1. The third-order valence-electron chi connectivity index (χ3n) is 2.10. The summed E-state index contributed by atoms with van der Waals surface area (Å²) < 4.78 is 0. The van der Waals surface area contributed by atoms with Crippen LogP contribution in [-0.4, -0.2) is 16.0 Å². The van der Waals surface area contributed by atoms with E-state index in [1.54, 1.807) is 0 Å². The largest absolute Gasteiger partial charge is 0.392 e. The van der Waals surface area contributed by atoms with Crippen molar-refractivity contribution in [2.24, 2.45) is 0 Å². The van der Waals surface area contributed by atoms with E-state index in [2.05, 4.69) is 29.8 Å². The van der Waals surface area contributed by atoms with Crippen LogP contribution < -0.4 is 0 Å². The number of unbranched alkanes of at least 4 members (excludes halogenated alkanes) is 2. The number of halogens is 1. The van der Waals surface area contributed by atoms with Crippen LogP contribution in [0.5, 0.6) is 0 Å². The lowest BCUT2D eigenvalue weighted by Gasteiger charge is -2.16. The molecule has 0 heterocycles. The Morgan fingerprint density at radius 2 is 1.58 bits per heavy atom. The SMILES string of the molecule is CCCC[C@@H](O)[C@@H](Br)CCCC. The standard InChI is InChI=1S/C10H21BrO/c1-3-5-7-9(11)10(12)8-6-4-2/h9-10,12H,3-8H2,1-2H3/t9-,10+/m0/s1. The molecule has 0 aromatic carbocycles. The van der Waals surface area contributed by atoms with Crippen molar-refractivity contribution < 1.29 is 5.11 Å². The number of rotatable bonds is 7. The highest BCUT2D eigenvalue weighted by atomic mass is 79.9. The Bertz CT molecular complexity index is 83.8. The Morgan fingerprint density at radius 1 is 1.08 bits per heavy atom. The van der Waals surface area contributed by atoms with E-state index in [1.165, 1.54) is 19.3 Å². The van der Waals surface area contributed by atoms with Crippen LogP contribution in [0.3, 0.4) is 0 Å². The quantitative estimate of drug-likeness (QED) is 0.672. The highest BCUT2D eigenvalue weighted by molar-refractivity contribution is 9.09. The summed E-state index contributed by atoms with van der Waals surface area (Å²) in [6.45, 7) is 4.33. The van der Waals surface area contributed by atoms with E-state index in [4.69, 9.17) is 0 Å². The molecule has 0 aliphatic rings. The molecule has 0 radical (unpaired) electrons. The van der Waals surface area contributed by atoms with Crippen molar-refractivity contribution >= 4 is 15.9 Å². The third-order valence-corrected chi connectivity index (χ3v) is 3.17. The van der Waals surface area contributed by atoms with Gasteiger partial charge in [-0.05, 0) is 12.8 Å². The van der Waals surface area contributed by atoms with E-state index in [0.717, 1.165) is 19.3 Å². The maximum atomic E-state index is 9.63. The first-order valence-electron chi connectivity index (χ1n) is 5.04. The van der Waals surface area contributed by atoms with E-state index in [9.17, 15) is 5.11 Å². The van der Waals surface area contributed by atoms with Crippen LogP contribution in [0.2, 0.25) is 0 Å². The third kappa shape index (κ3) is 6.01. The Kier molecular flexibility index (Phi) is 8.35. The first-order chi connectivity index (χ1) is 5.72. The Hall–Kier alpha value is 0.440. The summed E-state index contributed by atoms with van der Waals surface area (Å²) in [7, 11) is 0. The van der Waals surface area contributed by atoms with E-state index in [-0.39, 0.29) is 6.10 Å². The summed E-state index contributed by atoms with van der Waals surface area (Å²) in [6.07, 6.45) is 6.62. The van der Waals surface area contributed by atoms with E-state index in [0.29, 0.717) is 4.83 Å². The Labute approximate surface area is 84.7 Å². The fourth-order valence-electron chi connectivity index (χ4n) is 1.19. The molecule has 0 amide bonds. The summed E-state index contributed by atoms with van der Waals surface area (Å²) in [4.78, 5) is 0.309. The van der Waals surface area contributed by atoms with Crippen LogP contribution in [0, 0.1) is 0 Å². The monoisotopic (exact) mass is 236 g/mol. The van der Waals surface area contributed by atoms with Crippen molar-refractivity contribution in [1.82, 2.24) is 0 Å². The predicted molar refractivity (Wildman–Crippen MR) is 57.8 cm³/mol. The zero-order valence-electron chi connectivity index (χ0n) is 8.22. The van der Waals surface area contributed by atoms with Gasteiger partial charge in [0.1, 0.15) is 0 Å². The molecular weight excluding hydrogens is 216 g/mol. The fourth-order valence-corrected chi connectivity index (χ4v) is 1.77. The van der Waals surface area contributed by atoms with E-state index < -0.39 is 0 Å². The molecule has 0 saturated carbocycles. The maximum Gasteiger partial charge on any atom is 0.0665 e. The van der Waals surface area contributed by atoms with Gasteiger partial charge >= 0.3 is 0 Å². The first-order valence-corrected chi connectivity index (χ1v) is 5.96. The van der Waals surface area contributed by atoms with Gasteiger partial charge in [-0.15, -0.1) is 0 Å². The molecular formula is C10H21BrO. The summed E-state index contributed by atoms with van der Waals surface area (Å²) in [5.41, 5.74) is 0. The topological polar surface area (TPSA) is 20.2 Å². The Morgan fingerprint density at radius 3 is 2.08 bits per heavy atom. The molecule has 0 aliphatic carbocycles. The lowest BCUT2D eigenvalue weighted by Crippen LogP contribution is -2.19. The van der Waals surface area contributed by atoms with Gasteiger partial charge in [0, 0.05) is 4.83 Å². The molecule has 0 bridgehead atoms. The average molecular weight is 237 g/mol. The lowest BCUT2D eigenvalue weighted by molar-refractivity contribution is 0.156. The van der Waals surface area contributed by atoms with Gasteiger partial charge in [0.05, 0.1) is 6.10 Å². The van der Waals surface area contributed by atoms with Gasteiger partial charge in [0.25, 0.3) is 0 Å². The molecule has 2 atom stereocenters. The van der Waals surface area contributed by atoms with Gasteiger partial charge in [0.15, 0.2) is 0 Å². The fraction of sp³-hybridized carbons (Fsp3) is 1.00. The van der Waals surface area contributed by atoms with Gasteiger partial charge in [-0.2, -0.15) is 0 Å². The first kappa shape index (κ1) is 12.4. The van der Waals surface area contributed by atoms with Crippen molar-refractivity contribution in [3.05, 3.63) is 0 Å². The minimum atomic E-state index is -0.142. The zero-order valence-corrected chi connectivity index (χ0v) is 9.81. The van der Waals surface area contributed by atoms with E-state index in [1.807, 2.05) is 0 Å². The van der Waals surface area contributed by atoms with Crippen LogP contribution in [-0.2, 0) is 0 Å². The van der Waals surface area contributed by atoms with Gasteiger partial charge in [0.2, 0.25) is 0 Å². The normalized spacial score (nSPS) is 16.0. The molecule has 0 aliphatic heterocycles. The zero-order chi connectivity index (χ0) is 9.40. The lowest BCUT2D eigenvalue weighted by atomic mass is 10.1. The van der Waals surface area contributed by atoms with Crippen molar-refractivity contribution in [2.75, 3.05) is 0 Å². The van der Waals surface area contributed by atoms with Gasteiger partial charge in [-0.25, -0.2) is 0 Å². The van der Waals surface area contributed by atoms with Crippen LogP contribution in [0.25, 0.3) is 0 Å². The maximum absolute atomic E-state index is 9.63. The number of aliphatic hydroxyl groups is 1. The molecule has 0 spiro atoms. The Balaban J connectivity index is 3.39. The second-order valence-electron chi connectivity index (χ2n) is 3.37. The summed E-state index contributed by atoms with van der Waals surface area (Å²) >= 11 is 3.52. The number of hydrogen-bond donors (Lipinski definition) is 1. The molecule has 2 heteroatoms. The van der Waals surface area contributed by atoms with Crippen LogP contribution in [0.15, 0.2) is 0 Å². The molecule has 0 aromatic rings. The van der Waals surface area contributed by atoms with Gasteiger partial charge in [-0.1, -0.05) is 55.5 Å². The summed E-state index contributed by atoms with van der Waals surface area (Å²) in [5.74, 6) is 0. The molecule has 0 fully saturated rings. The molecule has 0 saturated heterocycles. The molecule has 0 rings (SSSR count). The second-order valence-corrected chi connectivity index (χ2v) is 4.54. The van der Waals surface area contributed by atoms with Crippen LogP contribution in [0.4, 0.5) is 0 Å². The minimum absolute atomic E-state index is 0.142. The molecule has 0 aromatic heterocycles.